The zero-order chi connectivity index (χ0) is 15.2. The van der Waals surface area contributed by atoms with Crippen LogP contribution in [0.25, 0.3) is 0 Å². The molecule has 0 saturated carbocycles. The van der Waals surface area contributed by atoms with E-state index in [2.05, 4.69) is 23.7 Å². The molecule has 1 aromatic heterocycles. The van der Waals surface area contributed by atoms with Gasteiger partial charge in [0.1, 0.15) is 6.29 Å². The molecule has 5 nitrogen and oxygen atoms in total. The van der Waals surface area contributed by atoms with Crippen LogP contribution in [0.15, 0.2) is 24.4 Å². The number of hydrogen-bond acceptors (Lipinski definition) is 5. The van der Waals surface area contributed by atoms with Crippen molar-refractivity contribution >= 4 is 23.7 Å². The fraction of sp³-hybridized carbons (Fsp3) is 0.533. The third-order valence-electron chi connectivity index (χ3n) is 3.59. The highest BCUT2D eigenvalue weighted by Gasteiger charge is 2.27. The fourth-order valence-corrected chi connectivity index (χ4v) is 2.72. The van der Waals surface area contributed by atoms with Gasteiger partial charge in [-0.1, -0.05) is 6.07 Å². The van der Waals surface area contributed by atoms with Crippen molar-refractivity contribution in [2.45, 2.75) is 38.8 Å². The molecule has 21 heavy (non-hydrogen) atoms. The van der Waals surface area contributed by atoms with E-state index >= 15 is 0 Å². The van der Waals surface area contributed by atoms with Gasteiger partial charge in [0, 0.05) is 24.8 Å². The van der Waals surface area contributed by atoms with E-state index in [1.807, 2.05) is 17.0 Å². The maximum atomic E-state index is 11.1. The van der Waals surface area contributed by atoms with E-state index in [1.165, 1.54) is 0 Å². The number of ether oxygens (including phenoxy) is 1. The highest BCUT2D eigenvalue weighted by molar-refractivity contribution is 7.80. The second-order valence-electron chi connectivity index (χ2n) is 5.40. The van der Waals surface area contributed by atoms with Crippen LogP contribution in [0, 0.1) is 0 Å². The second-order valence-corrected chi connectivity index (χ2v) is 5.75. The van der Waals surface area contributed by atoms with Crippen LogP contribution < -0.4 is 4.74 Å². The largest absolute Gasteiger partial charge is 0.413 e. The Morgan fingerprint density at radius 2 is 2.43 bits per heavy atom. The van der Waals surface area contributed by atoms with Crippen molar-refractivity contribution in [3.8, 4) is 5.88 Å². The van der Waals surface area contributed by atoms with Crippen LogP contribution in [-0.4, -0.2) is 51.5 Å². The zero-order valence-electron chi connectivity index (χ0n) is 12.4. The van der Waals surface area contributed by atoms with Crippen molar-refractivity contribution in [1.29, 1.82) is 0 Å². The molecule has 0 spiro atoms. The summed E-state index contributed by atoms with van der Waals surface area (Å²) in [5, 5.41) is 0.389. The van der Waals surface area contributed by atoms with Gasteiger partial charge in [0.25, 0.3) is 5.17 Å². The predicted molar refractivity (Wildman–Crippen MR) is 85.1 cm³/mol. The maximum absolute atomic E-state index is 11.1. The molecular weight excluding hydrogens is 286 g/mol. The molecule has 6 heteroatoms. The first-order chi connectivity index (χ1) is 10.1. The standard InChI is InChI=1S/C15H21N3O2S/c1-12(2)18(11-17-9-5-6-13(17)10-19)15(21)20-14-7-3-4-8-16-14/h3-4,7-8,10,12-13H,5-6,9,11H2,1-2H3/t13-/m1/s1. The number of rotatable bonds is 5. The number of pyridine rings is 1. The smallest absolute Gasteiger partial charge is 0.267 e. The molecular formula is C15H21N3O2S. The number of carbonyl (C=O) groups is 1. The molecule has 1 aromatic rings. The molecule has 0 amide bonds. The molecule has 0 unspecified atom stereocenters. The highest BCUT2D eigenvalue weighted by Crippen LogP contribution is 2.17. The van der Waals surface area contributed by atoms with Gasteiger partial charge in [-0.15, -0.1) is 0 Å². The van der Waals surface area contributed by atoms with Gasteiger partial charge in [-0.25, -0.2) is 4.98 Å². The van der Waals surface area contributed by atoms with Crippen LogP contribution in [-0.2, 0) is 4.79 Å². The Morgan fingerprint density at radius 3 is 3.05 bits per heavy atom. The van der Waals surface area contributed by atoms with Gasteiger partial charge in [-0.05, 0) is 45.0 Å². The van der Waals surface area contributed by atoms with Gasteiger partial charge in [0.05, 0.1) is 12.7 Å². The molecule has 0 bridgehead atoms. The molecule has 1 aliphatic heterocycles. The Hall–Kier alpha value is -1.53. The van der Waals surface area contributed by atoms with E-state index in [0.717, 1.165) is 25.7 Å². The van der Waals surface area contributed by atoms with Gasteiger partial charge in [0.15, 0.2) is 0 Å². The summed E-state index contributed by atoms with van der Waals surface area (Å²) in [5.74, 6) is 0.488. The Morgan fingerprint density at radius 1 is 1.62 bits per heavy atom. The molecule has 1 atom stereocenters. The topological polar surface area (TPSA) is 45.7 Å². The minimum atomic E-state index is -0.0103. The Balaban J connectivity index is 2.01. The fourth-order valence-electron chi connectivity index (χ4n) is 2.36. The maximum Gasteiger partial charge on any atom is 0.267 e. The SMILES string of the molecule is CC(C)N(CN1CCC[C@@H]1C=O)C(=S)Oc1ccccn1. The predicted octanol–water partition coefficient (Wildman–Crippen LogP) is 2.08. The van der Waals surface area contributed by atoms with Gasteiger partial charge >= 0.3 is 0 Å². The lowest BCUT2D eigenvalue weighted by molar-refractivity contribution is -0.112. The first kappa shape index (κ1) is 15.9. The molecule has 0 radical (unpaired) electrons. The third-order valence-corrected chi connectivity index (χ3v) is 3.91. The lowest BCUT2D eigenvalue weighted by Gasteiger charge is -2.33. The van der Waals surface area contributed by atoms with Gasteiger partial charge in [0.2, 0.25) is 5.88 Å². The highest BCUT2D eigenvalue weighted by atomic mass is 32.1. The van der Waals surface area contributed by atoms with Crippen LogP contribution in [0.5, 0.6) is 5.88 Å². The Bertz CT molecular complexity index is 481. The van der Waals surface area contributed by atoms with Crippen molar-refractivity contribution in [2.75, 3.05) is 13.2 Å². The van der Waals surface area contributed by atoms with Crippen LogP contribution in [0.2, 0.25) is 0 Å². The van der Waals surface area contributed by atoms with Crippen LogP contribution >= 0.6 is 12.2 Å². The van der Waals surface area contributed by atoms with Crippen molar-refractivity contribution in [1.82, 2.24) is 14.8 Å². The minimum absolute atomic E-state index is 0.0103. The van der Waals surface area contributed by atoms with Gasteiger partial charge in [-0.2, -0.15) is 0 Å². The summed E-state index contributed by atoms with van der Waals surface area (Å²) in [4.78, 5) is 19.3. The normalized spacial score (nSPS) is 18.7. The summed E-state index contributed by atoms with van der Waals surface area (Å²) in [5.41, 5.74) is 0. The van der Waals surface area contributed by atoms with E-state index in [0.29, 0.717) is 17.7 Å². The number of hydrogen-bond donors (Lipinski definition) is 0. The van der Waals surface area contributed by atoms with Gasteiger partial charge in [-0.3, -0.25) is 4.90 Å². The van der Waals surface area contributed by atoms with E-state index in [9.17, 15) is 4.79 Å². The zero-order valence-corrected chi connectivity index (χ0v) is 13.3. The third kappa shape index (κ3) is 4.22. The van der Waals surface area contributed by atoms with E-state index in [1.54, 1.807) is 12.3 Å². The van der Waals surface area contributed by atoms with Crippen molar-refractivity contribution in [3.05, 3.63) is 24.4 Å². The van der Waals surface area contributed by atoms with E-state index < -0.39 is 0 Å². The first-order valence-corrected chi connectivity index (χ1v) is 7.61. The number of thiocarbonyl (C=S) groups is 1. The molecule has 1 saturated heterocycles. The molecule has 1 fully saturated rings. The van der Waals surface area contributed by atoms with E-state index in [4.69, 9.17) is 17.0 Å². The monoisotopic (exact) mass is 307 g/mol. The van der Waals surface area contributed by atoms with Crippen molar-refractivity contribution < 1.29 is 9.53 Å². The lowest BCUT2D eigenvalue weighted by Crippen LogP contribution is -2.48. The molecule has 1 aliphatic rings. The number of nitrogens with zero attached hydrogens (tertiary/aromatic N) is 3. The quantitative estimate of drug-likeness (QED) is 0.613. The minimum Gasteiger partial charge on any atom is -0.413 e. The van der Waals surface area contributed by atoms with Crippen molar-refractivity contribution in [2.24, 2.45) is 0 Å². The molecule has 0 N–H and O–H groups in total. The van der Waals surface area contributed by atoms with Crippen LogP contribution in [0.1, 0.15) is 26.7 Å². The Kier molecular flexibility index (Phi) is 5.64. The van der Waals surface area contributed by atoms with Crippen molar-refractivity contribution in [3.63, 3.8) is 0 Å². The van der Waals surface area contributed by atoms with Crippen LogP contribution in [0.3, 0.4) is 0 Å². The second kappa shape index (κ2) is 7.47. The summed E-state index contributed by atoms with van der Waals surface area (Å²) in [7, 11) is 0. The number of carbonyl (C=O) groups excluding carboxylic acids is 1. The average Bonchev–Trinajstić information content (AvgIpc) is 2.92. The summed E-state index contributed by atoms with van der Waals surface area (Å²) in [6, 6.07) is 5.63. The summed E-state index contributed by atoms with van der Waals surface area (Å²) < 4.78 is 5.65. The summed E-state index contributed by atoms with van der Waals surface area (Å²) in [6.07, 6.45) is 4.65. The van der Waals surface area contributed by atoms with Gasteiger partial charge < -0.3 is 14.4 Å². The molecule has 0 aliphatic carbocycles. The van der Waals surface area contributed by atoms with E-state index in [-0.39, 0.29) is 12.1 Å². The summed E-state index contributed by atoms with van der Waals surface area (Å²) >= 11 is 5.39. The molecule has 2 rings (SSSR count). The molecule has 2 heterocycles. The molecule has 0 aromatic carbocycles. The number of aromatic nitrogens is 1. The average molecular weight is 307 g/mol. The van der Waals surface area contributed by atoms with Crippen LogP contribution in [0.4, 0.5) is 0 Å². The first-order valence-electron chi connectivity index (χ1n) is 7.20. The molecule has 114 valence electrons. The Labute approximate surface area is 130 Å². The lowest BCUT2D eigenvalue weighted by atomic mass is 10.2. The summed E-state index contributed by atoms with van der Waals surface area (Å²) in [6.45, 7) is 5.63. The number of likely N-dealkylation sites (tertiary alicyclic amines) is 1. The number of aldehydes is 1.